The SMILES string of the molecule is CCC(C)OC(C)(C)CCOCCc1ccccc1. The molecule has 0 aliphatic carbocycles. The summed E-state index contributed by atoms with van der Waals surface area (Å²) in [4.78, 5) is 0. The molecule has 1 unspecified atom stereocenters. The molecular formula is C17H28O2. The van der Waals surface area contributed by atoms with E-state index in [0.717, 1.165) is 32.5 Å². The summed E-state index contributed by atoms with van der Waals surface area (Å²) in [5.41, 5.74) is 1.24. The summed E-state index contributed by atoms with van der Waals surface area (Å²) in [6, 6.07) is 10.5. The predicted molar refractivity (Wildman–Crippen MR) is 80.5 cm³/mol. The Hall–Kier alpha value is -0.860. The van der Waals surface area contributed by atoms with Crippen molar-refractivity contribution in [3.8, 4) is 0 Å². The molecule has 2 nitrogen and oxygen atoms in total. The first-order chi connectivity index (χ1) is 9.03. The van der Waals surface area contributed by atoms with E-state index in [0.29, 0.717) is 6.10 Å². The lowest BCUT2D eigenvalue weighted by molar-refractivity contribution is -0.0801. The standard InChI is InChI=1S/C17H28O2/c1-5-15(2)19-17(3,4)12-14-18-13-11-16-9-7-6-8-10-16/h6-10,15H,5,11-14H2,1-4H3. The number of hydrogen-bond donors (Lipinski definition) is 0. The molecule has 108 valence electrons. The largest absolute Gasteiger partial charge is 0.381 e. The van der Waals surface area contributed by atoms with Gasteiger partial charge in [0, 0.05) is 6.61 Å². The first kappa shape index (κ1) is 16.2. The molecule has 0 bridgehead atoms. The second kappa shape index (κ2) is 8.34. The van der Waals surface area contributed by atoms with Gasteiger partial charge in [-0.15, -0.1) is 0 Å². The Morgan fingerprint density at radius 2 is 1.79 bits per heavy atom. The minimum absolute atomic E-state index is 0.0951. The zero-order chi connectivity index (χ0) is 14.1. The highest BCUT2D eigenvalue weighted by Gasteiger charge is 2.20. The van der Waals surface area contributed by atoms with E-state index in [2.05, 4.69) is 52.0 Å². The van der Waals surface area contributed by atoms with Gasteiger partial charge in [0.2, 0.25) is 0 Å². The van der Waals surface area contributed by atoms with Crippen LogP contribution in [0, 0.1) is 0 Å². The van der Waals surface area contributed by atoms with Gasteiger partial charge < -0.3 is 9.47 Å². The van der Waals surface area contributed by atoms with Gasteiger partial charge in [-0.05, 0) is 45.6 Å². The van der Waals surface area contributed by atoms with Crippen molar-refractivity contribution in [2.24, 2.45) is 0 Å². The lowest BCUT2D eigenvalue weighted by atomic mass is 10.1. The van der Waals surface area contributed by atoms with Crippen LogP contribution >= 0.6 is 0 Å². The minimum atomic E-state index is -0.0951. The Labute approximate surface area is 118 Å². The molecule has 0 saturated carbocycles. The zero-order valence-corrected chi connectivity index (χ0v) is 12.8. The van der Waals surface area contributed by atoms with Crippen molar-refractivity contribution in [3.63, 3.8) is 0 Å². The van der Waals surface area contributed by atoms with Crippen LogP contribution in [0.4, 0.5) is 0 Å². The van der Waals surface area contributed by atoms with Gasteiger partial charge in [0.25, 0.3) is 0 Å². The van der Waals surface area contributed by atoms with Gasteiger partial charge in [-0.2, -0.15) is 0 Å². The average molecular weight is 264 g/mol. The van der Waals surface area contributed by atoms with Crippen LogP contribution < -0.4 is 0 Å². The van der Waals surface area contributed by atoms with Gasteiger partial charge >= 0.3 is 0 Å². The van der Waals surface area contributed by atoms with Gasteiger partial charge in [-0.3, -0.25) is 0 Å². The lowest BCUT2D eigenvalue weighted by Gasteiger charge is -2.28. The molecule has 0 amide bonds. The summed E-state index contributed by atoms with van der Waals surface area (Å²) in [6.45, 7) is 10.1. The molecular weight excluding hydrogens is 236 g/mol. The van der Waals surface area contributed by atoms with Crippen molar-refractivity contribution in [3.05, 3.63) is 35.9 Å². The summed E-state index contributed by atoms with van der Waals surface area (Å²) < 4.78 is 11.7. The second-order valence-corrected chi connectivity index (χ2v) is 5.69. The fraction of sp³-hybridized carbons (Fsp3) is 0.647. The molecule has 0 aromatic heterocycles. The topological polar surface area (TPSA) is 18.5 Å². The Bertz CT molecular complexity index is 332. The third-order valence-electron chi connectivity index (χ3n) is 3.32. The Balaban J connectivity index is 2.13. The summed E-state index contributed by atoms with van der Waals surface area (Å²) >= 11 is 0. The van der Waals surface area contributed by atoms with Crippen LogP contribution in [0.1, 0.15) is 46.1 Å². The molecule has 0 N–H and O–H groups in total. The first-order valence-corrected chi connectivity index (χ1v) is 7.33. The van der Waals surface area contributed by atoms with Gasteiger partial charge in [0.05, 0.1) is 18.3 Å². The Morgan fingerprint density at radius 1 is 1.11 bits per heavy atom. The van der Waals surface area contributed by atoms with Crippen LogP contribution in [-0.4, -0.2) is 24.9 Å². The minimum Gasteiger partial charge on any atom is -0.381 e. The third kappa shape index (κ3) is 7.34. The van der Waals surface area contributed by atoms with Gasteiger partial charge in [0.15, 0.2) is 0 Å². The number of rotatable bonds is 9. The fourth-order valence-corrected chi connectivity index (χ4v) is 1.94. The van der Waals surface area contributed by atoms with Crippen molar-refractivity contribution in [2.75, 3.05) is 13.2 Å². The number of benzene rings is 1. The van der Waals surface area contributed by atoms with Crippen LogP contribution in [0.15, 0.2) is 30.3 Å². The van der Waals surface area contributed by atoms with Crippen molar-refractivity contribution in [1.82, 2.24) is 0 Å². The van der Waals surface area contributed by atoms with Crippen molar-refractivity contribution in [2.45, 2.75) is 58.7 Å². The molecule has 1 atom stereocenters. The molecule has 0 spiro atoms. The third-order valence-corrected chi connectivity index (χ3v) is 3.32. The van der Waals surface area contributed by atoms with Crippen LogP contribution in [0.2, 0.25) is 0 Å². The van der Waals surface area contributed by atoms with E-state index >= 15 is 0 Å². The number of ether oxygens (including phenoxy) is 2. The quantitative estimate of drug-likeness (QED) is 0.621. The van der Waals surface area contributed by atoms with E-state index in [1.807, 2.05) is 6.07 Å². The molecule has 0 fully saturated rings. The summed E-state index contributed by atoms with van der Waals surface area (Å²) in [5, 5.41) is 0. The molecule has 1 aromatic carbocycles. The molecule has 2 heteroatoms. The fourth-order valence-electron chi connectivity index (χ4n) is 1.94. The maximum Gasteiger partial charge on any atom is 0.0652 e. The molecule has 1 aromatic rings. The summed E-state index contributed by atoms with van der Waals surface area (Å²) in [7, 11) is 0. The van der Waals surface area contributed by atoms with E-state index in [4.69, 9.17) is 9.47 Å². The highest BCUT2D eigenvalue weighted by atomic mass is 16.5. The normalized spacial score (nSPS) is 13.5. The molecule has 0 saturated heterocycles. The van der Waals surface area contributed by atoms with Gasteiger partial charge in [-0.25, -0.2) is 0 Å². The zero-order valence-electron chi connectivity index (χ0n) is 12.8. The average Bonchev–Trinajstić information content (AvgIpc) is 2.38. The molecule has 0 radical (unpaired) electrons. The maximum absolute atomic E-state index is 5.97. The smallest absolute Gasteiger partial charge is 0.0652 e. The van der Waals surface area contributed by atoms with E-state index in [1.165, 1.54) is 5.56 Å². The van der Waals surface area contributed by atoms with Crippen molar-refractivity contribution >= 4 is 0 Å². The van der Waals surface area contributed by atoms with Crippen LogP contribution in [0.25, 0.3) is 0 Å². The van der Waals surface area contributed by atoms with Crippen LogP contribution in [0.5, 0.6) is 0 Å². The van der Waals surface area contributed by atoms with E-state index < -0.39 is 0 Å². The van der Waals surface area contributed by atoms with Gasteiger partial charge in [0.1, 0.15) is 0 Å². The highest BCUT2D eigenvalue weighted by molar-refractivity contribution is 5.14. The predicted octanol–water partition coefficient (Wildman–Crippen LogP) is 4.23. The molecule has 0 heterocycles. The van der Waals surface area contributed by atoms with Crippen molar-refractivity contribution < 1.29 is 9.47 Å². The summed E-state index contributed by atoms with van der Waals surface area (Å²) in [5.74, 6) is 0. The molecule has 19 heavy (non-hydrogen) atoms. The van der Waals surface area contributed by atoms with Gasteiger partial charge in [-0.1, -0.05) is 37.3 Å². The lowest BCUT2D eigenvalue weighted by Crippen LogP contribution is -2.30. The maximum atomic E-state index is 5.97. The van der Waals surface area contributed by atoms with E-state index in [-0.39, 0.29) is 5.60 Å². The van der Waals surface area contributed by atoms with E-state index in [1.54, 1.807) is 0 Å². The van der Waals surface area contributed by atoms with Crippen LogP contribution in [-0.2, 0) is 15.9 Å². The second-order valence-electron chi connectivity index (χ2n) is 5.69. The number of hydrogen-bond acceptors (Lipinski definition) is 2. The van der Waals surface area contributed by atoms with Crippen molar-refractivity contribution in [1.29, 1.82) is 0 Å². The Kier molecular flexibility index (Phi) is 7.11. The van der Waals surface area contributed by atoms with E-state index in [9.17, 15) is 0 Å². The highest BCUT2D eigenvalue weighted by Crippen LogP contribution is 2.18. The monoisotopic (exact) mass is 264 g/mol. The molecule has 1 rings (SSSR count). The molecule has 0 aliphatic heterocycles. The first-order valence-electron chi connectivity index (χ1n) is 7.33. The Morgan fingerprint density at radius 3 is 2.42 bits per heavy atom. The molecule has 0 aliphatic rings. The van der Waals surface area contributed by atoms with Crippen LogP contribution in [0.3, 0.4) is 0 Å². The summed E-state index contributed by atoms with van der Waals surface area (Å²) in [6.07, 6.45) is 3.29.